The highest BCUT2D eigenvalue weighted by atomic mass is 19.4. The molecule has 0 aliphatic rings. The van der Waals surface area contributed by atoms with Crippen LogP contribution in [0.2, 0.25) is 0 Å². The van der Waals surface area contributed by atoms with Gasteiger partial charge < -0.3 is 4.74 Å². The Hall–Kier alpha value is -2.03. The number of carbonyl (C=O) groups is 1. The first-order valence-electron chi connectivity index (χ1n) is 4.51. The second-order valence-corrected chi connectivity index (χ2v) is 3.27. The van der Waals surface area contributed by atoms with Gasteiger partial charge in [-0.15, -0.1) is 0 Å². The van der Waals surface area contributed by atoms with Crippen molar-refractivity contribution in [2.45, 2.75) is 13.1 Å². The van der Waals surface area contributed by atoms with Gasteiger partial charge in [0.1, 0.15) is 17.4 Å². The van der Waals surface area contributed by atoms with Crippen molar-refractivity contribution >= 4 is 5.78 Å². The van der Waals surface area contributed by atoms with Gasteiger partial charge in [0, 0.05) is 5.56 Å². The van der Waals surface area contributed by atoms with Crippen LogP contribution in [0.3, 0.4) is 0 Å². The summed E-state index contributed by atoms with van der Waals surface area (Å²) in [5.74, 6) is -0.876. The molecule has 0 unspecified atom stereocenters. The third kappa shape index (κ3) is 2.56. The van der Waals surface area contributed by atoms with Crippen LogP contribution < -0.4 is 4.74 Å². The molecular weight excluding hydrogens is 235 g/mol. The Bertz CT molecular complexity index is 501. The van der Waals surface area contributed by atoms with Crippen molar-refractivity contribution in [3.05, 3.63) is 28.8 Å². The van der Waals surface area contributed by atoms with E-state index < -0.39 is 17.5 Å². The zero-order chi connectivity index (χ0) is 13.2. The molecule has 90 valence electrons. The number of hydrogen-bond donors (Lipinski definition) is 0. The molecule has 0 saturated heterocycles. The van der Waals surface area contributed by atoms with Crippen LogP contribution in [0.1, 0.15) is 28.4 Å². The van der Waals surface area contributed by atoms with E-state index in [1.807, 2.05) is 0 Å². The van der Waals surface area contributed by atoms with E-state index in [0.29, 0.717) is 12.1 Å². The summed E-state index contributed by atoms with van der Waals surface area (Å²) in [6.07, 6.45) is -4.59. The average molecular weight is 243 g/mol. The minimum absolute atomic E-state index is 0.187. The van der Waals surface area contributed by atoms with E-state index in [2.05, 4.69) is 4.74 Å². The third-order valence-electron chi connectivity index (χ3n) is 2.14. The van der Waals surface area contributed by atoms with Gasteiger partial charge in [-0.1, -0.05) is 0 Å². The first-order chi connectivity index (χ1) is 7.81. The number of nitriles is 1. The zero-order valence-corrected chi connectivity index (χ0v) is 9.05. The quantitative estimate of drug-likeness (QED) is 0.750. The van der Waals surface area contributed by atoms with Crippen LogP contribution in [-0.2, 0) is 6.18 Å². The van der Waals surface area contributed by atoms with Gasteiger partial charge in [0.15, 0.2) is 5.78 Å². The first kappa shape index (κ1) is 13.0. The van der Waals surface area contributed by atoms with Crippen molar-refractivity contribution in [2.75, 3.05) is 7.11 Å². The smallest absolute Gasteiger partial charge is 0.416 e. The molecule has 0 saturated carbocycles. The standard InChI is InChI=1S/C11H8F3NO2/c1-6(16)8-3-7(11(12,13)14)4-10(17-2)9(8)5-15/h3-4H,1-2H3. The second kappa shape index (κ2) is 4.45. The van der Waals surface area contributed by atoms with E-state index in [1.165, 1.54) is 0 Å². The van der Waals surface area contributed by atoms with Crippen molar-refractivity contribution in [3.8, 4) is 11.8 Å². The average Bonchev–Trinajstić information content (AvgIpc) is 2.25. The zero-order valence-electron chi connectivity index (χ0n) is 9.05. The van der Waals surface area contributed by atoms with E-state index in [4.69, 9.17) is 5.26 Å². The Labute approximate surface area is 95.4 Å². The lowest BCUT2D eigenvalue weighted by Crippen LogP contribution is -2.09. The number of carbonyl (C=O) groups excluding carboxylic acids is 1. The fraction of sp³-hybridized carbons (Fsp3) is 0.273. The number of rotatable bonds is 2. The maximum atomic E-state index is 12.5. The lowest BCUT2D eigenvalue weighted by Gasteiger charge is -2.12. The summed E-state index contributed by atoms with van der Waals surface area (Å²) < 4.78 is 42.3. The third-order valence-corrected chi connectivity index (χ3v) is 2.14. The van der Waals surface area contributed by atoms with Crippen LogP contribution in [0, 0.1) is 11.3 Å². The number of methoxy groups -OCH3 is 1. The van der Waals surface area contributed by atoms with Crippen LogP contribution in [0.4, 0.5) is 13.2 Å². The van der Waals surface area contributed by atoms with Crippen LogP contribution in [0.5, 0.6) is 5.75 Å². The predicted molar refractivity (Wildman–Crippen MR) is 52.7 cm³/mol. The largest absolute Gasteiger partial charge is 0.495 e. The fourth-order valence-electron chi connectivity index (χ4n) is 1.33. The summed E-state index contributed by atoms with van der Waals surface area (Å²) in [5, 5.41) is 8.81. The Morgan fingerprint density at radius 3 is 2.35 bits per heavy atom. The number of ether oxygens (including phenoxy) is 1. The molecule has 3 nitrogen and oxygen atoms in total. The molecule has 0 aliphatic heterocycles. The summed E-state index contributed by atoms with van der Waals surface area (Å²) >= 11 is 0. The minimum Gasteiger partial charge on any atom is -0.495 e. The lowest BCUT2D eigenvalue weighted by atomic mass is 10.0. The highest BCUT2D eigenvalue weighted by Gasteiger charge is 2.33. The maximum absolute atomic E-state index is 12.5. The SMILES string of the molecule is COc1cc(C(F)(F)F)cc(C(C)=O)c1C#N. The van der Waals surface area contributed by atoms with Gasteiger partial charge in [-0.25, -0.2) is 0 Å². The molecule has 6 heteroatoms. The van der Waals surface area contributed by atoms with Crippen LogP contribution in [0.25, 0.3) is 0 Å². The molecule has 1 aromatic carbocycles. The molecule has 0 radical (unpaired) electrons. The number of hydrogen-bond acceptors (Lipinski definition) is 3. The molecular formula is C11H8F3NO2. The van der Waals surface area contributed by atoms with Crippen molar-refractivity contribution in [3.63, 3.8) is 0 Å². The highest BCUT2D eigenvalue weighted by Crippen LogP contribution is 2.34. The number of benzene rings is 1. The highest BCUT2D eigenvalue weighted by molar-refractivity contribution is 5.97. The number of Topliss-reactive ketones (excluding diaryl/α,β-unsaturated/α-hetero) is 1. The Morgan fingerprint density at radius 2 is 2.00 bits per heavy atom. The van der Waals surface area contributed by atoms with E-state index in [-0.39, 0.29) is 16.9 Å². The maximum Gasteiger partial charge on any atom is 0.416 e. The summed E-state index contributed by atoms with van der Waals surface area (Å²) in [6.45, 7) is 1.09. The van der Waals surface area contributed by atoms with Crippen LogP contribution >= 0.6 is 0 Å². The van der Waals surface area contributed by atoms with Gasteiger partial charge in [0.05, 0.1) is 12.7 Å². The van der Waals surface area contributed by atoms with E-state index >= 15 is 0 Å². The molecule has 0 N–H and O–H groups in total. The Morgan fingerprint density at radius 1 is 1.41 bits per heavy atom. The number of alkyl halides is 3. The normalized spacial score (nSPS) is 10.8. The monoisotopic (exact) mass is 243 g/mol. The van der Waals surface area contributed by atoms with Gasteiger partial charge in [-0.3, -0.25) is 4.79 Å². The van der Waals surface area contributed by atoms with Crippen molar-refractivity contribution in [1.29, 1.82) is 5.26 Å². The predicted octanol–water partition coefficient (Wildman–Crippen LogP) is 2.79. The van der Waals surface area contributed by atoms with Gasteiger partial charge >= 0.3 is 6.18 Å². The molecule has 17 heavy (non-hydrogen) atoms. The second-order valence-electron chi connectivity index (χ2n) is 3.27. The molecule has 0 amide bonds. The summed E-state index contributed by atoms with van der Waals surface area (Å²) in [6, 6.07) is 3.02. The van der Waals surface area contributed by atoms with E-state index in [9.17, 15) is 18.0 Å². The van der Waals surface area contributed by atoms with Crippen molar-refractivity contribution < 1.29 is 22.7 Å². The molecule has 0 heterocycles. The molecule has 1 aromatic rings. The Kier molecular flexibility index (Phi) is 3.42. The summed E-state index contributed by atoms with van der Waals surface area (Å²) in [7, 11) is 1.14. The van der Waals surface area contributed by atoms with Gasteiger partial charge in [0.25, 0.3) is 0 Å². The molecule has 0 aliphatic carbocycles. The van der Waals surface area contributed by atoms with Gasteiger partial charge in [0.2, 0.25) is 0 Å². The van der Waals surface area contributed by atoms with E-state index in [1.54, 1.807) is 6.07 Å². The molecule has 0 aromatic heterocycles. The van der Waals surface area contributed by atoms with Gasteiger partial charge in [-0.05, 0) is 19.1 Å². The molecule has 0 spiro atoms. The summed E-state index contributed by atoms with van der Waals surface area (Å²) in [4.78, 5) is 11.2. The van der Waals surface area contributed by atoms with Crippen molar-refractivity contribution in [2.24, 2.45) is 0 Å². The molecule has 1 rings (SSSR count). The molecule has 0 bridgehead atoms. The molecule has 0 atom stereocenters. The van der Waals surface area contributed by atoms with Gasteiger partial charge in [-0.2, -0.15) is 18.4 Å². The van der Waals surface area contributed by atoms with Crippen LogP contribution in [0.15, 0.2) is 12.1 Å². The van der Waals surface area contributed by atoms with Crippen molar-refractivity contribution in [1.82, 2.24) is 0 Å². The molecule has 0 fully saturated rings. The summed E-state index contributed by atoms with van der Waals surface area (Å²) in [5.41, 5.74) is -1.49. The topological polar surface area (TPSA) is 50.1 Å². The van der Waals surface area contributed by atoms with Crippen LogP contribution in [-0.4, -0.2) is 12.9 Å². The number of nitrogens with zero attached hydrogens (tertiary/aromatic N) is 1. The lowest BCUT2D eigenvalue weighted by molar-refractivity contribution is -0.137. The number of halogens is 3. The minimum atomic E-state index is -4.59. The Balaban J connectivity index is 3.59. The number of ketones is 1. The fourth-order valence-corrected chi connectivity index (χ4v) is 1.33. The van der Waals surface area contributed by atoms with E-state index in [0.717, 1.165) is 14.0 Å². The first-order valence-corrected chi connectivity index (χ1v) is 4.51.